The molecule has 0 fully saturated rings. The fourth-order valence-corrected chi connectivity index (χ4v) is 3.89. The van der Waals surface area contributed by atoms with E-state index in [4.69, 9.17) is 23.4 Å². The van der Waals surface area contributed by atoms with E-state index in [9.17, 15) is 19.8 Å². The van der Waals surface area contributed by atoms with Crippen LogP contribution in [-0.4, -0.2) is 43.0 Å². The Labute approximate surface area is 209 Å². The minimum atomic E-state index is -1.07. The number of carboxylic acids is 1. The van der Waals surface area contributed by atoms with Crippen LogP contribution < -0.4 is 14.9 Å². The van der Waals surface area contributed by atoms with Crippen molar-refractivity contribution in [3.05, 3.63) is 51.4 Å². The van der Waals surface area contributed by atoms with Gasteiger partial charge in [-0.15, -0.1) is 0 Å². The number of phenols is 1. The van der Waals surface area contributed by atoms with Crippen LogP contribution in [-0.2, 0) is 15.9 Å². The fraction of sp³-hybridized carbons (Fsp3) is 0.407. The van der Waals surface area contributed by atoms with Crippen LogP contribution in [0.25, 0.3) is 22.1 Å². The van der Waals surface area contributed by atoms with E-state index in [1.165, 1.54) is 24.3 Å². The highest BCUT2D eigenvalue weighted by Crippen LogP contribution is 2.47. The number of carboxylic acid groups (broad SMARTS) is 1. The van der Waals surface area contributed by atoms with Crippen molar-refractivity contribution in [3.63, 3.8) is 0 Å². The van der Waals surface area contributed by atoms with Crippen LogP contribution >= 0.6 is 0 Å². The summed E-state index contributed by atoms with van der Waals surface area (Å²) in [4.78, 5) is 25.0. The molecule has 0 aliphatic carbocycles. The lowest BCUT2D eigenvalue weighted by Crippen LogP contribution is -2.14. The lowest BCUT2D eigenvalue weighted by atomic mass is 9.95. The number of phenolic OH excluding ortho intramolecular Hbond substituents is 1. The number of aryl methyl sites for hydroxylation is 1. The van der Waals surface area contributed by atoms with Gasteiger partial charge in [0.25, 0.3) is 0 Å². The predicted molar refractivity (Wildman–Crippen MR) is 134 cm³/mol. The molecule has 3 rings (SSSR count). The summed E-state index contributed by atoms with van der Waals surface area (Å²) in [6.07, 6.45) is 0.471. The molecule has 9 heteroatoms. The molecule has 2 aromatic carbocycles. The molecule has 0 spiro atoms. The van der Waals surface area contributed by atoms with Crippen LogP contribution in [0.15, 0.2) is 33.5 Å². The zero-order valence-corrected chi connectivity index (χ0v) is 21.2. The van der Waals surface area contributed by atoms with Gasteiger partial charge in [-0.05, 0) is 50.8 Å². The van der Waals surface area contributed by atoms with E-state index in [2.05, 4.69) is 0 Å². The number of ether oxygens (including phenoxy) is 4. The van der Waals surface area contributed by atoms with Crippen molar-refractivity contribution in [2.45, 2.75) is 41.0 Å². The van der Waals surface area contributed by atoms with Gasteiger partial charge in [-0.2, -0.15) is 0 Å². The van der Waals surface area contributed by atoms with Gasteiger partial charge >= 0.3 is 5.97 Å². The Morgan fingerprint density at radius 2 is 1.58 bits per heavy atom. The lowest BCUT2D eigenvalue weighted by Gasteiger charge is -2.21. The van der Waals surface area contributed by atoms with Gasteiger partial charge in [0.1, 0.15) is 16.7 Å². The highest BCUT2D eigenvalue weighted by atomic mass is 16.7. The highest BCUT2D eigenvalue weighted by molar-refractivity contribution is 5.95. The molecule has 0 atom stereocenters. The van der Waals surface area contributed by atoms with Crippen molar-refractivity contribution in [3.8, 4) is 28.4 Å². The van der Waals surface area contributed by atoms with Gasteiger partial charge in [0.15, 0.2) is 25.1 Å². The van der Waals surface area contributed by atoms with Crippen molar-refractivity contribution < 1.29 is 38.4 Å². The summed E-state index contributed by atoms with van der Waals surface area (Å²) in [5, 5.41) is 20.4. The number of hydrogen-bond acceptors (Lipinski definition) is 8. The van der Waals surface area contributed by atoms with E-state index in [0.717, 1.165) is 0 Å². The second-order valence-corrected chi connectivity index (χ2v) is 8.54. The first-order valence-electron chi connectivity index (χ1n) is 11.8. The Hall–Kier alpha value is -3.56. The summed E-state index contributed by atoms with van der Waals surface area (Å²) in [6, 6.07) is 5.89. The van der Waals surface area contributed by atoms with Crippen LogP contribution in [0.3, 0.4) is 0 Å². The van der Waals surface area contributed by atoms with Gasteiger partial charge in [0.05, 0.1) is 11.1 Å². The van der Waals surface area contributed by atoms with Crippen LogP contribution in [0.1, 0.15) is 49.4 Å². The normalized spacial score (nSPS) is 11.3. The fourth-order valence-electron chi connectivity index (χ4n) is 3.89. The Bertz CT molecular complexity index is 1270. The molecule has 3 aromatic rings. The molecule has 0 amide bonds. The third-order valence-electron chi connectivity index (χ3n) is 5.51. The number of fused-ring (bicyclic) bond motifs is 1. The third kappa shape index (κ3) is 5.63. The van der Waals surface area contributed by atoms with Gasteiger partial charge in [0, 0.05) is 18.8 Å². The number of aromatic carboxylic acids is 1. The number of aromatic hydroxyl groups is 1. The first-order valence-corrected chi connectivity index (χ1v) is 11.8. The van der Waals surface area contributed by atoms with E-state index in [1.54, 1.807) is 13.8 Å². The third-order valence-corrected chi connectivity index (χ3v) is 5.51. The zero-order valence-electron chi connectivity index (χ0n) is 21.2. The largest absolute Gasteiger partial charge is 0.504 e. The summed E-state index contributed by atoms with van der Waals surface area (Å²) < 4.78 is 28.5. The second kappa shape index (κ2) is 11.9. The summed E-state index contributed by atoms with van der Waals surface area (Å²) in [5.41, 5.74) is 1.06. The number of rotatable bonds is 12. The smallest absolute Gasteiger partial charge is 0.335 e. The van der Waals surface area contributed by atoms with Crippen LogP contribution in [0.4, 0.5) is 0 Å². The topological polar surface area (TPSA) is 125 Å². The maximum Gasteiger partial charge on any atom is 0.335 e. The zero-order chi connectivity index (χ0) is 26.4. The maximum absolute atomic E-state index is 13.8. The van der Waals surface area contributed by atoms with Gasteiger partial charge in [-0.3, -0.25) is 4.79 Å². The summed E-state index contributed by atoms with van der Waals surface area (Å²) in [7, 11) is 0. The van der Waals surface area contributed by atoms with E-state index < -0.39 is 17.1 Å². The molecule has 0 aliphatic rings. The monoisotopic (exact) mass is 500 g/mol. The predicted octanol–water partition coefficient (Wildman–Crippen LogP) is 5.12. The number of carbonyl (C=O) groups is 1. The molecule has 0 saturated carbocycles. The number of benzene rings is 2. The highest BCUT2D eigenvalue weighted by Gasteiger charge is 2.28. The Morgan fingerprint density at radius 3 is 2.11 bits per heavy atom. The molecule has 1 aromatic heterocycles. The molecule has 194 valence electrons. The Balaban J connectivity index is 2.33. The first kappa shape index (κ1) is 27.0. The quantitative estimate of drug-likeness (QED) is 0.258. The van der Waals surface area contributed by atoms with Gasteiger partial charge in [0.2, 0.25) is 11.2 Å². The molecule has 2 N–H and O–H groups in total. The van der Waals surface area contributed by atoms with Crippen molar-refractivity contribution in [2.75, 3.05) is 26.8 Å². The van der Waals surface area contributed by atoms with Gasteiger partial charge in [-0.25, -0.2) is 4.79 Å². The first-order chi connectivity index (χ1) is 17.2. The summed E-state index contributed by atoms with van der Waals surface area (Å²) in [6.45, 7) is 9.86. The molecule has 0 unspecified atom stereocenters. The molecule has 36 heavy (non-hydrogen) atoms. The molecular formula is C27H32O9. The molecule has 0 bridgehead atoms. The molecule has 9 nitrogen and oxygen atoms in total. The standard InChI is InChI=1S/C27H32O9/c1-6-32-13-34-25-19(12-15(3)4)24-21(23(29)26(25)35-14-33-7-2)22(28)20(16(5)36-24)17-8-10-18(11-9-17)27(30)31/h8-11,15,29H,6-7,12-14H2,1-5H3,(H,30,31). The molecular weight excluding hydrogens is 468 g/mol. The molecule has 0 radical (unpaired) electrons. The number of hydrogen-bond donors (Lipinski definition) is 2. The van der Waals surface area contributed by atoms with Gasteiger partial charge in [-0.1, -0.05) is 26.0 Å². The van der Waals surface area contributed by atoms with E-state index in [1.807, 2.05) is 20.8 Å². The maximum atomic E-state index is 13.8. The van der Waals surface area contributed by atoms with Crippen molar-refractivity contribution in [2.24, 2.45) is 5.92 Å². The summed E-state index contributed by atoms with van der Waals surface area (Å²) >= 11 is 0. The van der Waals surface area contributed by atoms with Crippen LogP contribution in [0.5, 0.6) is 17.2 Å². The van der Waals surface area contributed by atoms with E-state index >= 15 is 0 Å². The van der Waals surface area contributed by atoms with Crippen molar-refractivity contribution in [1.82, 2.24) is 0 Å². The average Bonchev–Trinajstić information content (AvgIpc) is 2.83. The minimum Gasteiger partial charge on any atom is -0.504 e. The molecule has 0 aliphatic heterocycles. The van der Waals surface area contributed by atoms with E-state index in [0.29, 0.717) is 36.5 Å². The Kier molecular flexibility index (Phi) is 8.95. The second-order valence-electron chi connectivity index (χ2n) is 8.54. The van der Waals surface area contributed by atoms with Crippen LogP contribution in [0, 0.1) is 12.8 Å². The molecule has 0 saturated heterocycles. The SMILES string of the molecule is CCOCOc1c(OCOCC)c(O)c2c(=O)c(-c3ccc(C(=O)O)cc3)c(C)oc2c1CC(C)C. The molecule has 1 heterocycles. The lowest BCUT2D eigenvalue weighted by molar-refractivity contribution is 0.00456. The van der Waals surface area contributed by atoms with Crippen molar-refractivity contribution >= 4 is 16.9 Å². The summed E-state index contributed by atoms with van der Waals surface area (Å²) in [5.74, 6) is -0.839. The van der Waals surface area contributed by atoms with Crippen LogP contribution in [0.2, 0.25) is 0 Å². The minimum absolute atomic E-state index is 0.0327. The average molecular weight is 501 g/mol. The van der Waals surface area contributed by atoms with Crippen molar-refractivity contribution in [1.29, 1.82) is 0 Å². The van der Waals surface area contributed by atoms with E-state index in [-0.39, 0.29) is 53.1 Å². The Morgan fingerprint density at radius 1 is 1.00 bits per heavy atom. The van der Waals surface area contributed by atoms with Gasteiger partial charge < -0.3 is 33.6 Å².